The highest BCUT2D eigenvalue weighted by Crippen LogP contribution is 2.16. The van der Waals surface area contributed by atoms with Crippen LogP contribution in [0.15, 0.2) is 9.59 Å². The van der Waals surface area contributed by atoms with Gasteiger partial charge in [-0.3, -0.25) is 14.3 Å². The summed E-state index contributed by atoms with van der Waals surface area (Å²) in [5.41, 5.74) is -1.82. The third-order valence-corrected chi connectivity index (χ3v) is 2.32. The van der Waals surface area contributed by atoms with E-state index in [1.807, 2.05) is 0 Å². The molecule has 1 heterocycles. The number of anilines is 1. The van der Waals surface area contributed by atoms with Crippen LogP contribution in [-0.2, 0) is 7.05 Å². The molecule has 0 unspecified atom stereocenters. The summed E-state index contributed by atoms with van der Waals surface area (Å²) in [5, 5.41) is 10.4. The molecular formula is C8H9ClN3O4-. The quantitative estimate of drug-likeness (QED) is 0.670. The lowest BCUT2D eigenvalue weighted by Crippen LogP contribution is -2.46. The van der Waals surface area contributed by atoms with Crippen molar-refractivity contribution in [1.29, 1.82) is 0 Å². The number of hydrogen-bond donors (Lipinski definition) is 1. The fourth-order valence-electron chi connectivity index (χ4n) is 1.19. The van der Waals surface area contributed by atoms with Crippen LogP contribution in [0.3, 0.4) is 0 Å². The average molecular weight is 247 g/mol. The van der Waals surface area contributed by atoms with Crippen LogP contribution in [0.25, 0.3) is 0 Å². The lowest BCUT2D eigenvalue weighted by molar-refractivity contribution is -0.246. The molecule has 1 amide bonds. The Labute approximate surface area is 94.9 Å². The highest BCUT2D eigenvalue weighted by Gasteiger charge is 2.17. The van der Waals surface area contributed by atoms with E-state index in [0.717, 1.165) is 4.57 Å². The van der Waals surface area contributed by atoms with Crippen LogP contribution in [0, 0.1) is 0 Å². The molecule has 16 heavy (non-hydrogen) atoms. The highest BCUT2D eigenvalue weighted by molar-refractivity contribution is 6.32. The number of nitrogens with one attached hydrogen (secondary N) is 1. The van der Waals surface area contributed by atoms with Crippen molar-refractivity contribution in [2.45, 2.75) is 6.92 Å². The van der Waals surface area contributed by atoms with Crippen LogP contribution < -0.4 is 21.3 Å². The summed E-state index contributed by atoms with van der Waals surface area (Å²) in [6.45, 7) is 1.50. The molecule has 0 saturated carbocycles. The van der Waals surface area contributed by atoms with Crippen molar-refractivity contribution in [1.82, 2.24) is 9.55 Å². The number of amides is 1. The molecule has 0 spiro atoms. The molecule has 1 aromatic rings. The van der Waals surface area contributed by atoms with Crippen molar-refractivity contribution in [3.8, 4) is 0 Å². The predicted octanol–water partition coefficient (Wildman–Crippen LogP) is -1.10. The molecule has 8 heteroatoms. The zero-order chi connectivity index (χ0) is 12.5. The van der Waals surface area contributed by atoms with Gasteiger partial charge in [-0.25, -0.2) is 4.79 Å². The third kappa shape index (κ3) is 1.94. The second-order valence-electron chi connectivity index (χ2n) is 2.97. The molecule has 0 fully saturated rings. The van der Waals surface area contributed by atoms with E-state index in [2.05, 4.69) is 4.98 Å². The average Bonchev–Trinajstić information content (AvgIpc) is 2.20. The largest absolute Gasteiger partial charge is 0.530 e. The summed E-state index contributed by atoms with van der Waals surface area (Å²) < 4.78 is 0.729. The Balaban J connectivity index is 3.56. The van der Waals surface area contributed by atoms with Crippen molar-refractivity contribution in [3.05, 3.63) is 26.0 Å². The fraction of sp³-hybridized carbons (Fsp3) is 0.375. The first kappa shape index (κ1) is 12.3. The van der Waals surface area contributed by atoms with E-state index in [0.29, 0.717) is 4.90 Å². The summed E-state index contributed by atoms with van der Waals surface area (Å²) in [4.78, 5) is 36.3. The van der Waals surface area contributed by atoms with Gasteiger partial charge in [0.05, 0.1) is 0 Å². The van der Waals surface area contributed by atoms with Crippen molar-refractivity contribution >= 4 is 23.4 Å². The van der Waals surface area contributed by atoms with Crippen LogP contribution in [0.4, 0.5) is 10.5 Å². The van der Waals surface area contributed by atoms with E-state index >= 15 is 0 Å². The van der Waals surface area contributed by atoms with Crippen molar-refractivity contribution in [2.75, 3.05) is 11.4 Å². The van der Waals surface area contributed by atoms with Gasteiger partial charge in [0.25, 0.3) is 5.56 Å². The van der Waals surface area contributed by atoms with Crippen LogP contribution in [0.5, 0.6) is 0 Å². The van der Waals surface area contributed by atoms with E-state index < -0.39 is 17.3 Å². The van der Waals surface area contributed by atoms with Gasteiger partial charge in [0, 0.05) is 13.6 Å². The number of halogens is 1. The first-order valence-electron chi connectivity index (χ1n) is 4.37. The Hall–Kier alpha value is -1.76. The Morgan fingerprint density at radius 3 is 2.56 bits per heavy atom. The van der Waals surface area contributed by atoms with Crippen LogP contribution >= 0.6 is 11.6 Å². The molecule has 0 aliphatic heterocycles. The van der Waals surface area contributed by atoms with Gasteiger partial charge in [-0.15, -0.1) is 0 Å². The summed E-state index contributed by atoms with van der Waals surface area (Å²) >= 11 is 5.62. The lowest BCUT2D eigenvalue weighted by atomic mass is 10.4. The molecular weight excluding hydrogens is 238 g/mol. The van der Waals surface area contributed by atoms with Gasteiger partial charge in [-0.2, -0.15) is 0 Å². The number of rotatable bonds is 2. The van der Waals surface area contributed by atoms with Gasteiger partial charge in [0.2, 0.25) is 0 Å². The number of H-pyrrole nitrogens is 1. The van der Waals surface area contributed by atoms with Gasteiger partial charge in [0.1, 0.15) is 16.9 Å². The second kappa shape index (κ2) is 4.40. The van der Waals surface area contributed by atoms with E-state index in [1.165, 1.54) is 14.0 Å². The summed E-state index contributed by atoms with van der Waals surface area (Å²) in [5.74, 6) is 0. The zero-order valence-corrected chi connectivity index (χ0v) is 9.37. The molecule has 0 radical (unpaired) electrons. The molecule has 88 valence electrons. The molecule has 1 N–H and O–H groups in total. The highest BCUT2D eigenvalue weighted by atomic mass is 35.5. The number of carboxylic acid groups (broad SMARTS) is 1. The molecule has 0 aliphatic carbocycles. The molecule has 0 saturated heterocycles. The monoisotopic (exact) mass is 246 g/mol. The number of carbonyl (C=O) groups excluding carboxylic acids is 1. The predicted molar refractivity (Wildman–Crippen MR) is 55.7 cm³/mol. The van der Waals surface area contributed by atoms with Crippen molar-refractivity contribution < 1.29 is 9.90 Å². The maximum atomic E-state index is 11.6. The first-order valence-corrected chi connectivity index (χ1v) is 4.75. The Bertz CT molecular complexity index is 533. The van der Waals surface area contributed by atoms with Gasteiger partial charge in [-0.05, 0) is 6.92 Å². The molecule has 0 atom stereocenters. The first-order chi connectivity index (χ1) is 7.40. The standard InChI is InChI=1S/C8H10ClN3O4/c1-3-12(8(15)16)4-5(9)10-7(14)11(2)6(4)13/h3H2,1-2H3,(H,10,14)(H,15,16)/p-1. The van der Waals surface area contributed by atoms with E-state index in [9.17, 15) is 19.5 Å². The normalized spacial score (nSPS) is 10.2. The van der Waals surface area contributed by atoms with Crippen molar-refractivity contribution in [2.24, 2.45) is 7.05 Å². The maximum Gasteiger partial charge on any atom is 0.329 e. The number of hydrogen-bond acceptors (Lipinski definition) is 4. The summed E-state index contributed by atoms with van der Waals surface area (Å²) in [6.07, 6.45) is -1.56. The topological polar surface area (TPSA) is 98.2 Å². The third-order valence-electron chi connectivity index (χ3n) is 2.04. The number of carbonyl (C=O) groups is 1. The number of aromatic amines is 1. The minimum atomic E-state index is -1.56. The van der Waals surface area contributed by atoms with E-state index in [4.69, 9.17) is 11.6 Å². The number of nitrogens with zero attached hydrogens (tertiary/aromatic N) is 2. The minimum Gasteiger partial charge on any atom is -0.530 e. The molecule has 7 nitrogen and oxygen atoms in total. The second-order valence-corrected chi connectivity index (χ2v) is 3.35. The van der Waals surface area contributed by atoms with Gasteiger partial charge in [0.15, 0.2) is 0 Å². The Morgan fingerprint density at radius 1 is 1.56 bits per heavy atom. The smallest absolute Gasteiger partial charge is 0.329 e. The fourth-order valence-corrected chi connectivity index (χ4v) is 1.46. The van der Waals surface area contributed by atoms with Gasteiger partial charge < -0.3 is 14.8 Å². The lowest BCUT2D eigenvalue weighted by Gasteiger charge is -2.23. The number of aromatic nitrogens is 2. The molecule has 1 aromatic heterocycles. The molecule has 0 aliphatic rings. The minimum absolute atomic E-state index is 0.0106. The summed E-state index contributed by atoms with van der Waals surface area (Å²) in [7, 11) is 1.21. The Kier molecular flexibility index (Phi) is 3.38. The van der Waals surface area contributed by atoms with Gasteiger partial charge >= 0.3 is 5.69 Å². The molecule has 0 aromatic carbocycles. The van der Waals surface area contributed by atoms with E-state index in [1.54, 1.807) is 0 Å². The maximum absolute atomic E-state index is 11.6. The van der Waals surface area contributed by atoms with E-state index in [-0.39, 0.29) is 17.4 Å². The van der Waals surface area contributed by atoms with Crippen molar-refractivity contribution in [3.63, 3.8) is 0 Å². The van der Waals surface area contributed by atoms with Crippen LogP contribution in [0.1, 0.15) is 6.92 Å². The SMILES string of the molecule is CCN(C(=O)[O-])c1c(Cl)[nH]c(=O)n(C)c1=O. The van der Waals surface area contributed by atoms with Crippen LogP contribution in [-0.4, -0.2) is 22.2 Å². The Morgan fingerprint density at radius 2 is 2.12 bits per heavy atom. The zero-order valence-electron chi connectivity index (χ0n) is 8.61. The molecule has 0 bridgehead atoms. The van der Waals surface area contributed by atoms with Gasteiger partial charge in [-0.1, -0.05) is 11.6 Å². The summed E-state index contributed by atoms with van der Waals surface area (Å²) in [6, 6.07) is 0. The van der Waals surface area contributed by atoms with Crippen LogP contribution in [0.2, 0.25) is 5.15 Å². The molecule has 1 rings (SSSR count).